The number of aryl methyl sites for hydroxylation is 1. The van der Waals surface area contributed by atoms with Gasteiger partial charge in [0.15, 0.2) is 5.60 Å². The highest BCUT2D eigenvalue weighted by Gasteiger charge is 2.37. The fourth-order valence-electron chi connectivity index (χ4n) is 4.39. The first-order valence-corrected chi connectivity index (χ1v) is 10.9. The highest BCUT2D eigenvalue weighted by Crippen LogP contribution is 2.40. The molecule has 0 fully saturated rings. The molecule has 156 valence electrons. The predicted octanol–water partition coefficient (Wildman–Crippen LogP) is 6.93. The van der Waals surface area contributed by atoms with E-state index in [-0.39, 0.29) is 0 Å². The molecule has 0 aliphatic heterocycles. The normalized spacial score (nSPS) is 11.9. The van der Waals surface area contributed by atoms with Crippen LogP contribution in [-0.4, -0.2) is 10.1 Å². The number of aliphatic hydroxyl groups is 1. The van der Waals surface area contributed by atoms with Crippen LogP contribution in [0.5, 0.6) is 0 Å². The average molecular weight is 416 g/mol. The third kappa shape index (κ3) is 3.55. The number of H-pyrrole nitrogens is 1. The molecule has 0 aliphatic carbocycles. The van der Waals surface area contributed by atoms with Crippen LogP contribution in [0.3, 0.4) is 0 Å². The fourth-order valence-corrected chi connectivity index (χ4v) is 4.39. The molecule has 4 aromatic carbocycles. The van der Waals surface area contributed by atoms with Crippen molar-refractivity contribution in [1.29, 1.82) is 0 Å². The number of aromatic amines is 1. The van der Waals surface area contributed by atoms with Crippen molar-refractivity contribution in [1.82, 2.24) is 4.98 Å². The quantitative estimate of drug-likeness (QED) is 0.321. The van der Waals surface area contributed by atoms with Gasteiger partial charge in [0.25, 0.3) is 0 Å². The Morgan fingerprint density at radius 3 is 1.97 bits per heavy atom. The molecule has 1 aromatic heterocycles. The molecule has 0 radical (unpaired) electrons. The highest BCUT2D eigenvalue weighted by atomic mass is 16.3. The second-order valence-corrected chi connectivity index (χ2v) is 8.15. The molecule has 2 N–H and O–H groups in total. The smallest absolute Gasteiger partial charge is 0.155 e. The SMILES string of the molecule is Cc1cccc(/C=C/c2c(C(O)(c3ccccc3)c3ccccc3)[nH]c3ccccc23)c1. The van der Waals surface area contributed by atoms with Crippen LogP contribution in [0.1, 0.15) is 33.5 Å². The zero-order valence-electron chi connectivity index (χ0n) is 18.0. The molecule has 0 unspecified atom stereocenters. The minimum atomic E-state index is -1.33. The molecular formula is C30H25NO. The lowest BCUT2D eigenvalue weighted by Crippen LogP contribution is -2.30. The Morgan fingerprint density at radius 1 is 0.688 bits per heavy atom. The number of hydrogen-bond donors (Lipinski definition) is 2. The summed E-state index contributed by atoms with van der Waals surface area (Å²) < 4.78 is 0. The van der Waals surface area contributed by atoms with E-state index in [0.29, 0.717) is 0 Å². The molecule has 0 saturated carbocycles. The first kappa shape index (κ1) is 20.0. The van der Waals surface area contributed by atoms with Crippen molar-refractivity contribution < 1.29 is 5.11 Å². The molecule has 0 atom stereocenters. The Balaban J connectivity index is 1.77. The van der Waals surface area contributed by atoms with Crippen LogP contribution in [0.25, 0.3) is 23.1 Å². The van der Waals surface area contributed by atoms with Crippen LogP contribution in [0.2, 0.25) is 0 Å². The van der Waals surface area contributed by atoms with Gasteiger partial charge in [0.1, 0.15) is 0 Å². The maximum absolute atomic E-state index is 12.4. The fraction of sp³-hybridized carbons (Fsp3) is 0.0667. The van der Waals surface area contributed by atoms with Crippen molar-refractivity contribution in [3.8, 4) is 0 Å². The van der Waals surface area contributed by atoms with E-state index < -0.39 is 5.60 Å². The zero-order valence-corrected chi connectivity index (χ0v) is 18.0. The van der Waals surface area contributed by atoms with Crippen LogP contribution in [0, 0.1) is 6.92 Å². The molecule has 32 heavy (non-hydrogen) atoms. The van der Waals surface area contributed by atoms with Gasteiger partial charge in [0.2, 0.25) is 0 Å². The summed E-state index contributed by atoms with van der Waals surface area (Å²) in [7, 11) is 0. The lowest BCUT2D eigenvalue weighted by molar-refractivity contribution is 0.121. The first-order chi connectivity index (χ1) is 15.7. The molecule has 0 aliphatic rings. The number of rotatable bonds is 5. The summed E-state index contributed by atoms with van der Waals surface area (Å²) in [5.41, 5.74) is 5.41. The van der Waals surface area contributed by atoms with E-state index in [9.17, 15) is 5.11 Å². The maximum Gasteiger partial charge on any atom is 0.155 e. The van der Waals surface area contributed by atoms with Gasteiger partial charge in [-0.3, -0.25) is 0 Å². The molecule has 0 amide bonds. The Bertz CT molecular complexity index is 1340. The number of benzene rings is 4. The molecule has 0 saturated heterocycles. The lowest BCUT2D eigenvalue weighted by Gasteiger charge is -2.29. The third-order valence-electron chi connectivity index (χ3n) is 5.98. The van der Waals surface area contributed by atoms with Crippen LogP contribution in [0.4, 0.5) is 0 Å². The molecule has 0 spiro atoms. The van der Waals surface area contributed by atoms with E-state index in [1.807, 2.05) is 72.8 Å². The van der Waals surface area contributed by atoms with Gasteiger partial charge >= 0.3 is 0 Å². The minimum Gasteiger partial charge on any atom is -0.375 e. The topological polar surface area (TPSA) is 36.0 Å². The summed E-state index contributed by atoms with van der Waals surface area (Å²) in [6, 6.07) is 36.3. The molecule has 5 rings (SSSR count). The zero-order chi connectivity index (χ0) is 22.0. The number of fused-ring (bicyclic) bond motifs is 1. The molecule has 0 bridgehead atoms. The Kier molecular flexibility index (Phi) is 5.22. The number of aromatic nitrogens is 1. The summed E-state index contributed by atoms with van der Waals surface area (Å²) in [6.45, 7) is 2.10. The molecular weight excluding hydrogens is 390 g/mol. The van der Waals surface area contributed by atoms with Gasteiger partial charge in [-0.1, -0.05) is 121 Å². The summed E-state index contributed by atoms with van der Waals surface area (Å²) in [6.07, 6.45) is 4.22. The van der Waals surface area contributed by atoms with Gasteiger partial charge in [-0.15, -0.1) is 0 Å². The van der Waals surface area contributed by atoms with Gasteiger partial charge in [0.05, 0.1) is 5.69 Å². The maximum atomic E-state index is 12.4. The van der Waals surface area contributed by atoms with Crippen LogP contribution in [0.15, 0.2) is 109 Å². The van der Waals surface area contributed by atoms with Crippen molar-refractivity contribution in [2.24, 2.45) is 0 Å². The second kappa shape index (κ2) is 8.33. The Hall–Kier alpha value is -3.88. The molecule has 5 aromatic rings. The minimum absolute atomic E-state index is 0.764. The van der Waals surface area contributed by atoms with Crippen LogP contribution >= 0.6 is 0 Å². The van der Waals surface area contributed by atoms with Gasteiger partial charge in [-0.25, -0.2) is 0 Å². The van der Waals surface area contributed by atoms with Crippen molar-refractivity contribution in [2.75, 3.05) is 0 Å². The largest absolute Gasteiger partial charge is 0.375 e. The van der Waals surface area contributed by atoms with Crippen molar-refractivity contribution in [3.63, 3.8) is 0 Å². The summed E-state index contributed by atoms with van der Waals surface area (Å²) >= 11 is 0. The third-order valence-corrected chi connectivity index (χ3v) is 5.98. The number of hydrogen-bond acceptors (Lipinski definition) is 1. The van der Waals surface area contributed by atoms with Crippen LogP contribution in [-0.2, 0) is 5.60 Å². The van der Waals surface area contributed by atoms with E-state index in [4.69, 9.17) is 0 Å². The Morgan fingerprint density at radius 2 is 1.31 bits per heavy atom. The van der Waals surface area contributed by atoms with Gasteiger partial charge < -0.3 is 10.1 Å². The number of para-hydroxylation sites is 1. The molecule has 2 nitrogen and oxygen atoms in total. The van der Waals surface area contributed by atoms with Crippen molar-refractivity contribution >= 4 is 23.1 Å². The number of nitrogens with one attached hydrogen (secondary N) is 1. The summed E-state index contributed by atoms with van der Waals surface area (Å²) in [5.74, 6) is 0. The summed E-state index contributed by atoms with van der Waals surface area (Å²) in [4.78, 5) is 3.55. The van der Waals surface area contributed by atoms with Crippen molar-refractivity contribution in [3.05, 3.63) is 143 Å². The van der Waals surface area contributed by atoms with Gasteiger partial charge in [-0.05, 0) is 29.7 Å². The van der Waals surface area contributed by atoms with Gasteiger partial charge in [-0.2, -0.15) is 0 Å². The van der Waals surface area contributed by atoms with Crippen LogP contribution < -0.4 is 0 Å². The molecule has 2 heteroatoms. The van der Waals surface area contributed by atoms with E-state index in [0.717, 1.165) is 38.9 Å². The average Bonchev–Trinajstić information content (AvgIpc) is 3.22. The first-order valence-electron chi connectivity index (χ1n) is 10.9. The van der Waals surface area contributed by atoms with E-state index in [1.165, 1.54) is 5.56 Å². The van der Waals surface area contributed by atoms with E-state index in [1.54, 1.807) is 0 Å². The lowest BCUT2D eigenvalue weighted by atomic mass is 9.81. The summed E-state index contributed by atoms with van der Waals surface area (Å²) in [5, 5.41) is 13.5. The van der Waals surface area contributed by atoms with E-state index in [2.05, 4.69) is 60.5 Å². The standard InChI is InChI=1S/C30H25NO/c1-22-11-10-12-23(21-22)19-20-27-26-17-8-9-18-28(26)31-29(27)30(32,24-13-4-2-5-14-24)25-15-6-3-7-16-25/h2-21,31-32H,1H3/b20-19+. The van der Waals surface area contributed by atoms with Crippen molar-refractivity contribution in [2.45, 2.75) is 12.5 Å². The van der Waals surface area contributed by atoms with Gasteiger partial charge in [0, 0.05) is 16.5 Å². The highest BCUT2D eigenvalue weighted by molar-refractivity contribution is 5.94. The Labute approximate surface area is 188 Å². The second-order valence-electron chi connectivity index (χ2n) is 8.15. The monoisotopic (exact) mass is 415 g/mol. The van der Waals surface area contributed by atoms with E-state index >= 15 is 0 Å². The predicted molar refractivity (Wildman–Crippen MR) is 133 cm³/mol. The molecule has 1 heterocycles.